The van der Waals surface area contributed by atoms with Crippen LogP contribution in [0.2, 0.25) is 0 Å². The SMILES string of the molecule is CN=C(NCCCOC)NCCN1CCCCC1C.I. The monoisotopic (exact) mass is 398 g/mol. The molecule has 20 heavy (non-hydrogen) atoms. The lowest BCUT2D eigenvalue weighted by Gasteiger charge is -2.33. The van der Waals surface area contributed by atoms with Crippen LogP contribution in [0.4, 0.5) is 0 Å². The number of methoxy groups -OCH3 is 1. The standard InChI is InChI=1S/C14H30N4O.HI/c1-13-7-4-5-10-18(13)11-9-17-14(15-2)16-8-6-12-19-3;/h13H,4-12H2,1-3H3,(H2,15,16,17);1H. The van der Waals surface area contributed by atoms with E-state index in [1.807, 2.05) is 7.05 Å². The van der Waals surface area contributed by atoms with Crippen molar-refractivity contribution in [3.05, 3.63) is 0 Å². The van der Waals surface area contributed by atoms with E-state index < -0.39 is 0 Å². The third-order valence-corrected chi connectivity index (χ3v) is 3.67. The Morgan fingerprint density at radius 2 is 2.05 bits per heavy atom. The molecule has 5 nitrogen and oxygen atoms in total. The molecule has 0 aromatic carbocycles. The van der Waals surface area contributed by atoms with Crippen LogP contribution >= 0.6 is 24.0 Å². The van der Waals surface area contributed by atoms with Gasteiger partial charge in [-0.2, -0.15) is 0 Å². The molecule has 0 saturated carbocycles. The Bertz CT molecular complexity index is 264. The number of nitrogens with zero attached hydrogens (tertiary/aromatic N) is 2. The van der Waals surface area contributed by atoms with Crippen molar-refractivity contribution < 1.29 is 4.74 Å². The summed E-state index contributed by atoms with van der Waals surface area (Å²) in [5, 5.41) is 6.66. The predicted molar refractivity (Wildman–Crippen MR) is 96.2 cm³/mol. The van der Waals surface area contributed by atoms with Gasteiger partial charge in [0.05, 0.1) is 0 Å². The van der Waals surface area contributed by atoms with E-state index in [9.17, 15) is 0 Å². The fourth-order valence-corrected chi connectivity index (χ4v) is 2.45. The topological polar surface area (TPSA) is 48.9 Å². The largest absolute Gasteiger partial charge is 0.385 e. The average molecular weight is 398 g/mol. The molecule has 1 aliphatic rings. The van der Waals surface area contributed by atoms with Gasteiger partial charge in [0.2, 0.25) is 0 Å². The van der Waals surface area contributed by atoms with Crippen molar-refractivity contribution in [3.8, 4) is 0 Å². The molecule has 0 spiro atoms. The van der Waals surface area contributed by atoms with Crippen LogP contribution in [0, 0.1) is 0 Å². The maximum atomic E-state index is 5.02. The number of aliphatic imine (C=N–C) groups is 1. The first kappa shape index (κ1) is 19.9. The minimum atomic E-state index is 0. The summed E-state index contributed by atoms with van der Waals surface area (Å²) in [7, 11) is 3.54. The van der Waals surface area contributed by atoms with Crippen LogP contribution in [-0.2, 0) is 4.74 Å². The summed E-state index contributed by atoms with van der Waals surface area (Å²) in [4.78, 5) is 6.79. The van der Waals surface area contributed by atoms with Crippen molar-refractivity contribution in [3.63, 3.8) is 0 Å². The molecule has 1 aliphatic heterocycles. The van der Waals surface area contributed by atoms with E-state index in [1.54, 1.807) is 7.11 Å². The minimum Gasteiger partial charge on any atom is -0.385 e. The van der Waals surface area contributed by atoms with Gasteiger partial charge in [-0.3, -0.25) is 9.89 Å². The Kier molecular flexibility index (Phi) is 12.6. The lowest BCUT2D eigenvalue weighted by Crippen LogP contribution is -2.45. The number of rotatable bonds is 7. The fourth-order valence-electron chi connectivity index (χ4n) is 2.45. The maximum Gasteiger partial charge on any atom is 0.191 e. The average Bonchev–Trinajstić information content (AvgIpc) is 2.43. The lowest BCUT2D eigenvalue weighted by molar-refractivity contribution is 0.163. The molecule has 1 atom stereocenters. The van der Waals surface area contributed by atoms with Crippen molar-refractivity contribution in [2.45, 2.75) is 38.6 Å². The van der Waals surface area contributed by atoms with Crippen molar-refractivity contribution in [1.29, 1.82) is 0 Å². The highest BCUT2D eigenvalue weighted by Crippen LogP contribution is 2.15. The van der Waals surface area contributed by atoms with Crippen LogP contribution in [0.3, 0.4) is 0 Å². The Labute approximate surface area is 140 Å². The number of nitrogens with one attached hydrogen (secondary N) is 2. The van der Waals surface area contributed by atoms with Gasteiger partial charge in [-0.25, -0.2) is 0 Å². The Morgan fingerprint density at radius 1 is 1.30 bits per heavy atom. The van der Waals surface area contributed by atoms with E-state index in [-0.39, 0.29) is 24.0 Å². The molecule has 1 fully saturated rings. The molecular formula is C14H31IN4O. The molecule has 0 aromatic rings. The summed E-state index contributed by atoms with van der Waals surface area (Å²) in [6.45, 7) is 7.30. The quantitative estimate of drug-likeness (QED) is 0.297. The number of piperidine rings is 1. The van der Waals surface area contributed by atoms with Crippen LogP contribution in [0.5, 0.6) is 0 Å². The summed E-state index contributed by atoms with van der Waals surface area (Å²) in [6, 6.07) is 0.729. The van der Waals surface area contributed by atoms with E-state index in [0.717, 1.165) is 44.7 Å². The van der Waals surface area contributed by atoms with E-state index >= 15 is 0 Å². The Balaban J connectivity index is 0.00000361. The van der Waals surface area contributed by atoms with E-state index in [4.69, 9.17) is 4.74 Å². The normalized spacial score (nSPS) is 20.4. The third-order valence-electron chi connectivity index (χ3n) is 3.67. The van der Waals surface area contributed by atoms with Crippen molar-refractivity contribution in [2.75, 3.05) is 46.9 Å². The second kappa shape index (κ2) is 12.6. The summed E-state index contributed by atoms with van der Waals surface area (Å²) < 4.78 is 5.02. The molecule has 120 valence electrons. The molecule has 0 aliphatic carbocycles. The van der Waals surface area contributed by atoms with Crippen LogP contribution < -0.4 is 10.6 Å². The molecule has 0 bridgehead atoms. The number of guanidine groups is 1. The first-order chi connectivity index (χ1) is 9.27. The Morgan fingerprint density at radius 3 is 2.70 bits per heavy atom. The van der Waals surface area contributed by atoms with Crippen molar-refractivity contribution in [2.24, 2.45) is 4.99 Å². The van der Waals surface area contributed by atoms with Gasteiger partial charge < -0.3 is 15.4 Å². The zero-order valence-electron chi connectivity index (χ0n) is 13.2. The molecule has 1 unspecified atom stereocenters. The Hall–Kier alpha value is -0.0800. The maximum absolute atomic E-state index is 5.02. The second-order valence-electron chi connectivity index (χ2n) is 5.15. The highest BCUT2D eigenvalue weighted by Gasteiger charge is 2.17. The van der Waals surface area contributed by atoms with Gasteiger partial charge in [0.15, 0.2) is 5.96 Å². The number of hydrogen-bond donors (Lipinski definition) is 2. The zero-order valence-corrected chi connectivity index (χ0v) is 15.5. The van der Waals surface area contributed by atoms with Gasteiger partial charge in [-0.05, 0) is 32.7 Å². The smallest absolute Gasteiger partial charge is 0.191 e. The summed E-state index contributed by atoms with van der Waals surface area (Å²) in [6.07, 6.45) is 5.06. The molecule has 0 radical (unpaired) electrons. The van der Waals surface area contributed by atoms with Crippen LogP contribution in [0.15, 0.2) is 4.99 Å². The van der Waals surface area contributed by atoms with Gasteiger partial charge in [-0.15, -0.1) is 24.0 Å². The number of likely N-dealkylation sites (tertiary alicyclic amines) is 1. The van der Waals surface area contributed by atoms with Crippen molar-refractivity contribution >= 4 is 29.9 Å². The van der Waals surface area contributed by atoms with Gasteiger partial charge in [-0.1, -0.05) is 6.42 Å². The van der Waals surface area contributed by atoms with E-state index in [1.165, 1.54) is 25.8 Å². The molecule has 0 amide bonds. The van der Waals surface area contributed by atoms with E-state index in [2.05, 4.69) is 27.4 Å². The highest BCUT2D eigenvalue weighted by atomic mass is 127. The van der Waals surface area contributed by atoms with Gasteiger partial charge >= 0.3 is 0 Å². The first-order valence-electron chi connectivity index (χ1n) is 7.45. The summed E-state index contributed by atoms with van der Waals surface area (Å²) in [5.74, 6) is 0.890. The predicted octanol–water partition coefficient (Wildman–Crippen LogP) is 1.68. The molecule has 2 N–H and O–H groups in total. The van der Waals surface area contributed by atoms with Crippen LogP contribution in [-0.4, -0.2) is 63.8 Å². The van der Waals surface area contributed by atoms with Gasteiger partial charge in [0, 0.05) is 46.4 Å². The molecular weight excluding hydrogens is 367 g/mol. The highest BCUT2D eigenvalue weighted by molar-refractivity contribution is 14.0. The molecule has 1 heterocycles. The van der Waals surface area contributed by atoms with Gasteiger partial charge in [0.25, 0.3) is 0 Å². The zero-order chi connectivity index (χ0) is 13.9. The summed E-state index contributed by atoms with van der Waals surface area (Å²) in [5.41, 5.74) is 0. The third kappa shape index (κ3) is 8.26. The molecule has 1 saturated heterocycles. The fraction of sp³-hybridized carbons (Fsp3) is 0.929. The number of halogens is 1. The number of hydrogen-bond acceptors (Lipinski definition) is 3. The van der Waals surface area contributed by atoms with Crippen molar-refractivity contribution in [1.82, 2.24) is 15.5 Å². The van der Waals surface area contributed by atoms with Gasteiger partial charge in [0.1, 0.15) is 0 Å². The van der Waals surface area contributed by atoms with E-state index in [0.29, 0.717) is 0 Å². The lowest BCUT2D eigenvalue weighted by atomic mass is 10.0. The first-order valence-corrected chi connectivity index (χ1v) is 7.45. The van der Waals surface area contributed by atoms with Crippen LogP contribution in [0.25, 0.3) is 0 Å². The minimum absolute atomic E-state index is 0. The number of ether oxygens (including phenoxy) is 1. The molecule has 6 heteroatoms. The van der Waals surface area contributed by atoms with Crippen LogP contribution in [0.1, 0.15) is 32.6 Å². The second-order valence-corrected chi connectivity index (χ2v) is 5.15. The molecule has 1 rings (SSSR count). The summed E-state index contributed by atoms with van der Waals surface area (Å²) >= 11 is 0. The molecule has 0 aromatic heterocycles.